The van der Waals surface area contributed by atoms with Gasteiger partial charge in [-0.3, -0.25) is 0 Å². The number of carbonyl (C=O) groups is 2. The largest absolute Gasteiger partial charge is 2.00 e. The second-order valence-electron chi connectivity index (χ2n) is 9.94. The third kappa shape index (κ3) is 48.1. The first kappa shape index (κ1) is 43.5. The number of hydrogen-bond acceptors (Lipinski definition) is 4. The molecule has 0 radical (unpaired) electrons. The zero-order valence-corrected chi connectivity index (χ0v) is 29.4. The van der Waals surface area contributed by atoms with Crippen LogP contribution in [0, 0.1) is 0 Å². The number of unbranched alkanes of at least 4 members (excludes halogenated alkanes) is 10. The Morgan fingerprint density at radius 1 is 0.415 bits per heavy atom. The van der Waals surface area contributed by atoms with Gasteiger partial charge in [0.2, 0.25) is 0 Å². The van der Waals surface area contributed by atoms with E-state index in [1.54, 1.807) is 0 Å². The zero-order valence-electron chi connectivity index (χ0n) is 26.4. The van der Waals surface area contributed by atoms with Crippen molar-refractivity contribution >= 4 is 11.9 Å². The second-order valence-corrected chi connectivity index (χ2v) is 9.94. The summed E-state index contributed by atoms with van der Waals surface area (Å²) < 4.78 is 0. The van der Waals surface area contributed by atoms with E-state index in [-0.39, 0.29) is 32.3 Å². The molecule has 0 N–H and O–H groups in total. The molecule has 0 aromatic carbocycles. The predicted molar refractivity (Wildman–Crippen MR) is 169 cm³/mol. The van der Waals surface area contributed by atoms with Crippen LogP contribution in [0.1, 0.15) is 142 Å². The first-order chi connectivity index (χ1) is 19.5. The van der Waals surface area contributed by atoms with Crippen molar-refractivity contribution in [2.24, 2.45) is 0 Å². The molecule has 4 nitrogen and oxygen atoms in total. The van der Waals surface area contributed by atoms with E-state index >= 15 is 0 Å². The fourth-order valence-electron chi connectivity index (χ4n) is 3.78. The zero-order chi connectivity index (χ0) is 29.8. The van der Waals surface area contributed by atoms with E-state index < -0.39 is 11.9 Å². The minimum Gasteiger partial charge on any atom is -0.550 e. The van der Waals surface area contributed by atoms with E-state index in [2.05, 4.69) is 86.8 Å². The molecule has 0 amide bonds. The molecule has 0 aliphatic carbocycles. The number of carboxylic acids is 2. The molecule has 0 aliphatic heterocycles. The van der Waals surface area contributed by atoms with Crippen LogP contribution in [-0.2, 0) is 29.1 Å². The van der Waals surface area contributed by atoms with Gasteiger partial charge in [-0.15, -0.1) is 0 Å². The van der Waals surface area contributed by atoms with Gasteiger partial charge in [-0.1, -0.05) is 125 Å². The Kier molecular flexibility index (Phi) is 42.5. The van der Waals surface area contributed by atoms with Crippen LogP contribution in [0.25, 0.3) is 0 Å². The van der Waals surface area contributed by atoms with Crippen LogP contribution in [0.15, 0.2) is 72.9 Å². The average Bonchev–Trinajstić information content (AvgIpc) is 2.93. The van der Waals surface area contributed by atoms with Crippen LogP contribution in [0.5, 0.6) is 0 Å². The monoisotopic (exact) mass is 618 g/mol. The van der Waals surface area contributed by atoms with Gasteiger partial charge < -0.3 is 19.8 Å². The molecule has 0 unspecified atom stereocenters. The molecule has 0 saturated carbocycles. The molecule has 5 heteroatoms. The Morgan fingerprint density at radius 3 is 1.00 bits per heavy atom. The number of carbonyl (C=O) groups excluding carboxylic acids is 2. The Hall–Kier alpha value is -2.00. The molecular weight excluding hydrogens is 562 g/mol. The van der Waals surface area contributed by atoms with Crippen molar-refractivity contribution in [2.75, 3.05) is 0 Å². The van der Waals surface area contributed by atoms with Crippen molar-refractivity contribution < 1.29 is 39.3 Å². The fraction of sp³-hybridized carbons (Fsp3) is 0.611. The molecule has 0 bridgehead atoms. The van der Waals surface area contributed by atoms with Crippen LogP contribution in [0.2, 0.25) is 0 Å². The summed E-state index contributed by atoms with van der Waals surface area (Å²) in [5, 5.41) is 20.4. The van der Waals surface area contributed by atoms with Crippen LogP contribution in [0.3, 0.4) is 0 Å². The molecule has 0 aliphatic rings. The van der Waals surface area contributed by atoms with Crippen molar-refractivity contribution in [3.05, 3.63) is 72.9 Å². The third-order valence-corrected chi connectivity index (χ3v) is 6.06. The molecular formula is C36H58O4Zn. The number of carboxylic acid groups (broad SMARTS) is 2. The summed E-state index contributed by atoms with van der Waals surface area (Å²) in [6, 6.07) is 0. The van der Waals surface area contributed by atoms with Crippen molar-refractivity contribution in [1.29, 1.82) is 0 Å². The Labute approximate surface area is 265 Å². The topological polar surface area (TPSA) is 80.3 Å². The predicted octanol–water partition coefficient (Wildman–Crippen LogP) is 8.65. The first-order valence-electron chi connectivity index (χ1n) is 15.8. The maximum Gasteiger partial charge on any atom is 2.00 e. The normalized spacial score (nSPS) is 11.8. The molecule has 41 heavy (non-hydrogen) atoms. The maximum atomic E-state index is 10.2. The van der Waals surface area contributed by atoms with E-state index in [1.165, 1.54) is 25.7 Å². The van der Waals surface area contributed by atoms with Gasteiger partial charge in [-0.05, 0) is 89.9 Å². The smallest absolute Gasteiger partial charge is 0.550 e. The second kappa shape index (κ2) is 40.1. The van der Waals surface area contributed by atoms with Crippen LogP contribution >= 0.6 is 0 Å². The summed E-state index contributed by atoms with van der Waals surface area (Å²) in [4.78, 5) is 20.4. The molecule has 0 fully saturated rings. The van der Waals surface area contributed by atoms with E-state index in [1.807, 2.05) is 0 Å². The number of aliphatic carboxylic acids is 2. The third-order valence-electron chi connectivity index (χ3n) is 6.06. The first-order valence-corrected chi connectivity index (χ1v) is 15.8. The summed E-state index contributed by atoms with van der Waals surface area (Å²) >= 11 is 0. The van der Waals surface area contributed by atoms with Gasteiger partial charge >= 0.3 is 19.5 Å². The van der Waals surface area contributed by atoms with E-state index in [0.29, 0.717) is 0 Å². The van der Waals surface area contributed by atoms with Gasteiger partial charge in [-0.2, -0.15) is 0 Å². The fourth-order valence-corrected chi connectivity index (χ4v) is 3.78. The van der Waals surface area contributed by atoms with Gasteiger partial charge in [0.25, 0.3) is 0 Å². The summed E-state index contributed by atoms with van der Waals surface area (Å²) in [6.45, 7) is 4.29. The van der Waals surface area contributed by atoms with Crippen LogP contribution < -0.4 is 10.2 Å². The van der Waals surface area contributed by atoms with Crippen molar-refractivity contribution in [2.45, 2.75) is 142 Å². The van der Waals surface area contributed by atoms with Gasteiger partial charge in [0.05, 0.1) is 0 Å². The van der Waals surface area contributed by atoms with Gasteiger partial charge in [0.15, 0.2) is 0 Å². The number of hydrogen-bond donors (Lipinski definition) is 0. The van der Waals surface area contributed by atoms with E-state index in [0.717, 1.165) is 89.9 Å². The van der Waals surface area contributed by atoms with E-state index in [9.17, 15) is 19.8 Å². The molecule has 0 atom stereocenters. The average molecular weight is 620 g/mol. The Morgan fingerprint density at radius 2 is 0.683 bits per heavy atom. The Bertz CT molecular complexity index is 670. The van der Waals surface area contributed by atoms with Crippen molar-refractivity contribution in [3.8, 4) is 0 Å². The molecule has 0 aromatic rings. The molecule has 0 heterocycles. The van der Waals surface area contributed by atoms with Gasteiger partial charge in [0.1, 0.15) is 0 Å². The minimum atomic E-state index is -0.925. The van der Waals surface area contributed by atoms with Gasteiger partial charge in [0, 0.05) is 11.9 Å². The molecule has 0 rings (SSSR count). The van der Waals surface area contributed by atoms with Crippen molar-refractivity contribution in [3.63, 3.8) is 0 Å². The van der Waals surface area contributed by atoms with E-state index in [4.69, 9.17) is 0 Å². The van der Waals surface area contributed by atoms with Gasteiger partial charge in [-0.25, -0.2) is 0 Å². The standard InChI is InChI=1S/2C18H30O2.Zn/c2*1-2-3-4-5-6-7-8-9-10-11-12-13-14-15-16-17-18(19)20;/h2*3-4,6-7,9-10H,2,5,8,11-17H2,1H3,(H,19,20);/q;;+2/p-2/b2*4-3-,7-6-,10-9-;. The Balaban J connectivity index is -0.000000688. The molecule has 228 valence electrons. The summed E-state index contributed by atoms with van der Waals surface area (Å²) in [5.74, 6) is -1.85. The maximum absolute atomic E-state index is 10.2. The minimum absolute atomic E-state index is 0. The number of rotatable bonds is 26. The molecule has 0 spiro atoms. The summed E-state index contributed by atoms with van der Waals surface area (Å²) in [7, 11) is 0. The molecule has 0 aromatic heterocycles. The quantitative estimate of drug-likeness (QED) is 0.0551. The van der Waals surface area contributed by atoms with Crippen LogP contribution in [0.4, 0.5) is 0 Å². The molecule has 0 saturated heterocycles. The number of allylic oxidation sites excluding steroid dienone is 12. The SMILES string of the molecule is CC/C=C\C/C=C\C/C=C\CCCCCCCC(=O)[O-].CC/C=C\C/C=C\C/C=C\CCCCCCCC(=O)[O-].[Zn+2]. The van der Waals surface area contributed by atoms with Crippen LogP contribution in [-0.4, -0.2) is 11.9 Å². The summed E-state index contributed by atoms with van der Waals surface area (Å²) in [5.41, 5.74) is 0. The van der Waals surface area contributed by atoms with Crippen molar-refractivity contribution in [1.82, 2.24) is 0 Å². The summed E-state index contributed by atoms with van der Waals surface area (Å²) in [6.07, 6.45) is 46.1.